The summed E-state index contributed by atoms with van der Waals surface area (Å²) in [5.74, 6) is 0. The van der Waals surface area contributed by atoms with E-state index in [-0.39, 0.29) is 0 Å². The highest BCUT2D eigenvalue weighted by Crippen LogP contribution is 2.08. The number of pyridine rings is 1. The molecule has 0 radical (unpaired) electrons. The van der Waals surface area contributed by atoms with E-state index in [4.69, 9.17) is 4.42 Å². The van der Waals surface area contributed by atoms with Crippen molar-refractivity contribution in [3.63, 3.8) is 0 Å². The molecule has 2 aromatic heterocycles. The molecule has 0 aliphatic rings. The summed E-state index contributed by atoms with van der Waals surface area (Å²) in [5, 5.41) is 1.63. The molecule has 0 saturated heterocycles. The van der Waals surface area contributed by atoms with Crippen molar-refractivity contribution < 1.29 is 8.63 Å². The molecule has 0 aromatic carbocycles. The topological polar surface area (TPSA) is 43.1 Å². The van der Waals surface area contributed by atoms with Crippen LogP contribution in [0.25, 0.3) is 6.08 Å². The molecule has 0 amide bonds. The minimum atomic E-state index is -1.13. The summed E-state index contributed by atoms with van der Waals surface area (Å²) < 4.78 is 16.6. The third kappa shape index (κ3) is 2.63. The average Bonchev–Trinajstić information content (AvgIpc) is 2.80. The lowest BCUT2D eigenvalue weighted by molar-refractivity contribution is 0.567. The average molecular weight is 219 g/mol. The van der Waals surface area contributed by atoms with Gasteiger partial charge in [0.15, 0.2) is 0 Å². The first kappa shape index (κ1) is 9.86. The van der Waals surface area contributed by atoms with Gasteiger partial charge in [-0.1, -0.05) is 0 Å². The molecule has 2 aromatic rings. The highest BCUT2D eigenvalue weighted by molar-refractivity contribution is 7.88. The monoisotopic (exact) mass is 219 g/mol. The zero-order valence-electron chi connectivity index (χ0n) is 7.87. The highest BCUT2D eigenvalue weighted by Gasteiger charge is 1.97. The Balaban J connectivity index is 2.11. The third-order valence-electron chi connectivity index (χ3n) is 1.81. The molecule has 0 N–H and O–H groups in total. The van der Waals surface area contributed by atoms with Crippen LogP contribution in [-0.4, -0.2) is 9.19 Å². The zero-order chi connectivity index (χ0) is 10.5. The van der Waals surface area contributed by atoms with Crippen molar-refractivity contribution >= 4 is 16.9 Å². The minimum absolute atomic E-state index is 0.741. The second-order valence-corrected chi connectivity index (χ2v) is 4.18. The summed E-state index contributed by atoms with van der Waals surface area (Å²) in [6.45, 7) is 0. The van der Waals surface area contributed by atoms with Crippen molar-refractivity contribution in [3.8, 4) is 0 Å². The van der Waals surface area contributed by atoms with E-state index in [0.717, 1.165) is 10.5 Å². The molecule has 4 heteroatoms. The smallest absolute Gasteiger partial charge is 0.0975 e. The van der Waals surface area contributed by atoms with Crippen LogP contribution in [0.3, 0.4) is 0 Å². The van der Waals surface area contributed by atoms with Crippen LogP contribution in [0.1, 0.15) is 5.56 Å². The van der Waals surface area contributed by atoms with Crippen molar-refractivity contribution in [1.29, 1.82) is 0 Å². The van der Waals surface area contributed by atoms with Gasteiger partial charge in [-0.2, -0.15) is 0 Å². The van der Waals surface area contributed by atoms with Gasteiger partial charge in [-0.3, -0.25) is 4.98 Å². The second kappa shape index (κ2) is 4.70. The summed E-state index contributed by atoms with van der Waals surface area (Å²) in [5.41, 5.74) is 0.900. The molecule has 0 saturated carbocycles. The van der Waals surface area contributed by atoms with Crippen LogP contribution >= 0.6 is 0 Å². The summed E-state index contributed by atoms with van der Waals surface area (Å²) in [7, 11) is -1.13. The molecule has 2 rings (SSSR count). The molecule has 1 unspecified atom stereocenters. The van der Waals surface area contributed by atoms with E-state index in [1.165, 1.54) is 0 Å². The lowest BCUT2D eigenvalue weighted by Crippen LogP contribution is -1.85. The largest absolute Gasteiger partial charge is 0.472 e. The lowest BCUT2D eigenvalue weighted by atomic mass is 10.3. The first-order valence-electron chi connectivity index (χ1n) is 4.37. The van der Waals surface area contributed by atoms with Gasteiger partial charge in [-0.25, -0.2) is 4.21 Å². The Bertz CT molecular complexity index is 463. The van der Waals surface area contributed by atoms with Crippen molar-refractivity contribution in [1.82, 2.24) is 4.98 Å². The van der Waals surface area contributed by atoms with E-state index < -0.39 is 10.8 Å². The van der Waals surface area contributed by atoms with Gasteiger partial charge in [0.05, 0.1) is 23.3 Å². The molecule has 3 nitrogen and oxygen atoms in total. The molecule has 76 valence electrons. The molecular formula is C11H9NO2S. The summed E-state index contributed by atoms with van der Waals surface area (Å²) in [6.07, 6.45) is 8.19. The Labute approximate surface area is 89.9 Å². The van der Waals surface area contributed by atoms with Crippen LogP contribution in [0.15, 0.2) is 57.8 Å². The molecule has 0 spiro atoms. The van der Waals surface area contributed by atoms with Crippen molar-refractivity contribution in [2.75, 3.05) is 0 Å². The molecule has 0 aliphatic carbocycles. The van der Waals surface area contributed by atoms with Crippen LogP contribution < -0.4 is 0 Å². The quantitative estimate of drug-likeness (QED) is 0.796. The van der Waals surface area contributed by atoms with Crippen LogP contribution in [-0.2, 0) is 10.8 Å². The second-order valence-electron chi connectivity index (χ2n) is 2.84. The SMILES string of the molecule is O=S(/C=C\c1ccoc1)c1ccncc1. The number of rotatable bonds is 3. The van der Waals surface area contributed by atoms with E-state index in [0.29, 0.717) is 0 Å². The summed E-state index contributed by atoms with van der Waals surface area (Å²) >= 11 is 0. The first-order chi connectivity index (χ1) is 7.36. The molecule has 0 bridgehead atoms. The van der Waals surface area contributed by atoms with E-state index in [1.807, 2.05) is 0 Å². The summed E-state index contributed by atoms with van der Waals surface area (Å²) in [6, 6.07) is 5.27. The van der Waals surface area contributed by atoms with Gasteiger partial charge in [0, 0.05) is 28.3 Å². The number of aromatic nitrogens is 1. The van der Waals surface area contributed by atoms with Crippen LogP contribution in [0.2, 0.25) is 0 Å². The summed E-state index contributed by atoms with van der Waals surface area (Å²) in [4.78, 5) is 4.60. The van der Waals surface area contributed by atoms with E-state index in [9.17, 15) is 4.21 Å². The predicted molar refractivity (Wildman–Crippen MR) is 58.4 cm³/mol. The van der Waals surface area contributed by atoms with Gasteiger partial charge in [-0.05, 0) is 24.3 Å². The number of furan rings is 1. The van der Waals surface area contributed by atoms with Crippen LogP contribution in [0.4, 0.5) is 0 Å². The fourth-order valence-corrected chi connectivity index (χ4v) is 1.89. The standard InChI is InChI=1S/C11H9NO2S/c13-15(11-1-5-12-6-2-11)8-4-10-3-7-14-9-10/h1-9H/b8-4-. The number of hydrogen-bond acceptors (Lipinski definition) is 3. The van der Waals surface area contributed by atoms with Crippen molar-refractivity contribution in [2.45, 2.75) is 4.90 Å². The molecule has 0 aliphatic heterocycles. The lowest BCUT2D eigenvalue weighted by Gasteiger charge is -1.93. The Kier molecular flexibility index (Phi) is 3.09. The minimum Gasteiger partial charge on any atom is -0.472 e. The normalized spacial score (nSPS) is 13.1. The maximum atomic E-state index is 11.7. The fourth-order valence-electron chi connectivity index (χ4n) is 1.06. The van der Waals surface area contributed by atoms with Gasteiger partial charge < -0.3 is 4.42 Å². The Morgan fingerprint density at radius 2 is 2.07 bits per heavy atom. The predicted octanol–water partition coefficient (Wildman–Crippen LogP) is 2.45. The molecular weight excluding hydrogens is 210 g/mol. The maximum Gasteiger partial charge on any atom is 0.0975 e. The molecule has 15 heavy (non-hydrogen) atoms. The zero-order valence-corrected chi connectivity index (χ0v) is 8.68. The van der Waals surface area contributed by atoms with Gasteiger partial charge >= 0.3 is 0 Å². The molecule has 2 heterocycles. The first-order valence-corrected chi connectivity index (χ1v) is 5.58. The fraction of sp³-hybridized carbons (Fsp3) is 0. The number of hydrogen-bond donors (Lipinski definition) is 0. The van der Waals surface area contributed by atoms with E-state index in [2.05, 4.69) is 4.98 Å². The highest BCUT2D eigenvalue weighted by atomic mass is 32.2. The van der Waals surface area contributed by atoms with Gasteiger partial charge in [0.2, 0.25) is 0 Å². The Morgan fingerprint density at radius 1 is 1.27 bits per heavy atom. The van der Waals surface area contributed by atoms with Gasteiger partial charge in [0.25, 0.3) is 0 Å². The van der Waals surface area contributed by atoms with Crippen LogP contribution in [0.5, 0.6) is 0 Å². The number of nitrogens with zero attached hydrogens (tertiary/aromatic N) is 1. The van der Waals surface area contributed by atoms with Crippen molar-refractivity contribution in [3.05, 3.63) is 54.1 Å². The van der Waals surface area contributed by atoms with Crippen molar-refractivity contribution in [2.24, 2.45) is 0 Å². The molecule has 1 atom stereocenters. The van der Waals surface area contributed by atoms with Crippen LogP contribution in [0, 0.1) is 0 Å². The van der Waals surface area contributed by atoms with Gasteiger partial charge in [0.1, 0.15) is 0 Å². The van der Waals surface area contributed by atoms with Gasteiger partial charge in [-0.15, -0.1) is 0 Å². The molecule has 0 fully saturated rings. The third-order valence-corrected chi connectivity index (χ3v) is 2.93. The van der Waals surface area contributed by atoms with E-state index >= 15 is 0 Å². The van der Waals surface area contributed by atoms with E-state index in [1.54, 1.807) is 54.6 Å². The Hall–Kier alpha value is -1.68. The maximum absolute atomic E-state index is 11.7. The Morgan fingerprint density at radius 3 is 2.73 bits per heavy atom.